The maximum Gasteiger partial charge on any atom is 0.164 e. The van der Waals surface area contributed by atoms with Gasteiger partial charge in [0.05, 0.1) is 0 Å². The predicted molar refractivity (Wildman–Crippen MR) is 268 cm³/mol. The Kier molecular flexibility index (Phi) is 10.9. The molecule has 0 saturated heterocycles. The summed E-state index contributed by atoms with van der Waals surface area (Å²) in [4.78, 5) is 30.6. The SMILES string of the molecule is c1ccc(-c2nc(-c3cccc(-c4cccc(-c5cccc(-c6nc(-c7ccccc7)nc(-c7ccccc7-c7ccccc7)n6)c5)c4)c3)nc(-c3ccccc3-c3ccccc3)n2)cc1. The third-order valence-electron chi connectivity index (χ3n) is 11.6. The second-order valence-corrected chi connectivity index (χ2v) is 15.9. The number of rotatable bonds is 10. The highest BCUT2D eigenvalue weighted by Crippen LogP contribution is 2.36. The number of benzene rings is 9. The minimum atomic E-state index is 0.602. The van der Waals surface area contributed by atoms with Gasteiger partial charge in [0.25, 0.3) is 0 Å². The van der Waals surface area contributed by atoms with E-state index in [0.29, 0.717) is 34.9 Å². The van der Waals surface area contributed by atoms with Crippen molar-refractivity contribution in [2.45, 2.75) is 0 Å². The summed E-state index contributed by atoms with van der Waals surface area (Å²) in [5, 5.41) is 0. The molecule has 9 aromatic carbocycles. The van der Waals surface area contributed by atoms with Gasteiger partial charge in [-0.2, -0.15) is 0 Å². The Hall–Kier alpha value is -9.00. The van der Waals surface area contributed by atoms with Crippen LogP contribution in [0, 0.1) is 0 Å². The van der Waals surface area contributed by atoms with Crippen molar-refractivity contribution in [2.75, 3.05) is 0 Å². The van der Waals surface area contributed by atoms with Crippen LogP contribution in [0.5, 0.6) is 0 Å². The van der Waals surface area contributed by atoms with Crippen LogP contribution in [0.4, 0.5) is 0 Å². The van der Waals surface area contributed by atoms with Crippen LogP contribution >= 0.6 is 0 Å². The van der Waals surface area contributed by atoms with Gasteiger partial charge in [0.2, 0.25) is 0 Å². The summed E-state index contributed by atoms with van der Waals surface area (Å²) in [6.07, 6.45) is 0. The maximum atomic E-state index is 5.16. The van der Waals surface area contributed by atoms with Crippen LogP contribution in [0.2, 0.25) is 0 Å². The van der Waals surface area contributed by atoms with Gasteiger partial charge in [-0.1, -0.05) is 224 Å². The molecular formula is C60H40N6. The van der Waals surface area contributed by atoms with E-state index in [2.05, 4.69) is 158 Å². The van der Waals surface area contributed by atoms with Gasteiger partial charge in [-0.15, -0.1) is 0 Å². The van der Waals surface area contributed by atoms with Crippen molar-refractivity contribution in [3.8, 4) is 113 Å². The summed E-state index contributed by atoms with van der Waals surface area (Å²) in [5.41, 5.74) is 14.1. The summed E-state index contributed by atoms with van der Waals surface area (Å²) >= 11 is 0. The van der Waals surface area contributed by atoms with Gasteiger partial charge in [-0.05, 0) is 62.7 Å². The van der Waals surface area contributed by atoms with Gasteiger partial charge < -0.3 is 0 Å². The summed E-state index contributed by atoms with van der Waals surface area (Å²) < 4.78 is 0. The second-order valence-electron chi connectivity index (χ2n) is 15.9. The minimum absolute atomic E-state index is 0.602. The standard InChI is InChI=1S/C60H40N6/c1-5-20-41(21-6-1)51-34-13-15-36-53(51)59-63-55(43-24-9-3-10-25-43)61-57(65-59)49-32-18-30-47(39-49)45-28-17-29-46(38-45)48-31-19-33-50(40-48)58-62-56(44-26-11-4-12-27-44)64-60(66-58)54-37-16-14-35-52(54)42-22-7-2-8-23-42/h1-40H. The summed E-state index contributed by atoms with van der Waals surface area (Å²) in [7, 11) is 0. The van der Waals surface area contributed by atoms with E-state index in [1.807, 2.05) is 84.9 Å². The molecule has 0 aliphatic carbocycles. The first kappa shape index (κ1) is 39.8. The molecule has 0 atom stereocenters. The molecule has 0 radical (unpaired) electrons. The lowest BCUT2D eigenvalue weighted by atomic mass is 9.96. The van der Waals surface area contributed by atoms with Crippen molar-refractivity contribution in [3.05, 3.63) is 243 Å². The molecule has 0 N–H and O–H groups in total. The van der Waals surface area contributed by atoms with Crippen molar-refractivity contribution in [1.82, 2.24) is 29.9 Å². The van der Waals surface area contributed by atoms with Crippen LogP contribution < -0.4 is 0 Å². The number of aromatic nitrogens is 6. The fourth-order valence-electron chi connectivity index (χ4n) is 8.33. The normalized spacial score (nSPS) is 11.0. The molecule has 310 valence electrons. The van der Waals surface area contributed by atoms with E-state index in [0.717, 1.165) is 77.9 Å². The molecule has 0 aliphatic heterocycles. The molecular weight excluding hydrogens is 805 g/mol. The number of hydrogen-bond acceptors (Lipinski definition) is 6. The molecule has 0 amide bonds. The smallest absolute Gasteiger partial charge is 0.164 e. The highest BCUT2D eigenvalue weighted by atomic mass is 15.0. The molecule has 2 aromatic heterocycles. The topological polar surface area (TPSA) is 77.3 Å². The van der Waals surface area contributed by atoms with E-state index in [1.54, 1.807) is 0 Å². The zero-order valence-electron chi connectivity index (χ0n) is 35.8. The highest BCUT2D eigenvalue weighted by molar-refractivity contribution is 5.84. The van der Waals surface area contributed by atoms with Gasteiger partial charge in [-0.3, -0.25) is 0 Å². The molecule has 11 rings (SSSR count). The Bertz CT molecular complexity index is 3240. The van der Waals surface area contributed by atoms with Crippen LogP contribution in [0.3, 0.4) is 0 Å². The molecule has 0 fully saturated rings. The van der Waals surface area contributed by atoms with E-state index in [1.165, 1.54) is 0 Å². The van der Waals surface area contributed by atoms with E-state index >= 15 is 0 Å². The van der Waals surface area contributed by atoms with Crippen molar-refractivity contribution < 1.29 is 0 Å². The Morgan fingerprint density at radius 2 is 0.379 bits per heavy atom. The molecule has 0 unspecified atom stereocenters. The lowest BCUT2D eigenvalue weighted by molar-refractivity contribution is 1.07. The quantitative estimate of drug-likeness (QED) is 0.136. The van der Waals surface area contributed by atoms with E-state index in [9.17, 15) is 0 Å². The molecule has 6 heteroatoms. The van der Waals surface area contributed by atoms with Gasteiger partial charge in [0, 0.05) is 33.4 Å². The number of hydrogen-bond donors (Lipinski definition) is 0. The van der Waals surface area contributed by atoms with Gasteiger partial charge in [0.15, 0.2) is 34.9 Å². The summed E-state index contributed by atoms with van der Waals surface area (Å²) in [6.45, 7) is 0. The highest BCUT2D eigenvalue weighted by Gasteiger charge is 2.18. The van der Waals surface area contributed by atoms with Crippen molar-refractivity contribution in [3.63, 3.8) is 0 Å². The first-order chi connectivity index (χ1) is 32.7. The van der Waals surface area contributed by atoms with E-state index < -0.39 is 0 Å². The average molecular weight is 845 g/mol. The first-order valence-electron chi connectivity index (χ1n) is 21.9. The molecule has 6 nitrogen and oxygen atoms in total. The Balaban J connectivity index is 0.966. The van der Waals surface area contributed by atoms with E-state index in [4.69, 9.17) is 29.9 Å². The second kappa shape index (κ2) is 18.0. The third-order valence-corrected chi connectivity index (χ3v) is 11.6. The van der Waals surface area contributed by atoms with Crippen LogP contribution in [0.25, 0.3) is 113 Å². The van der Waals surface area contributed by atoms with Gasteiger partial charge >= 0.3 is 0 Å². The molecule has 0 saturated carbocycles. The van der Waals surface area contributed by atoms with Crippen molar-refractivity contribution >= 4 is 0 Å². The minimum Gasteiger partial charge on any atom is -0.208 e. The average Bonchev–Trinajstić information content (AvgIpc) is 3.41. The lowest BCUT2D eigenvalue weighted by Crippen LogP contribution is -2.01. The van der Waals surface area contributed by atoms with Gasteiger partial charge in [0.1, 0.15) is 0 Å². The molecule has 0 bridgehead atoms. The fourth-order valence-corrected chi connectivity index (χ4v) is 8.33. The predicted octanol–water partition coefficient (Wildman–Crippen LogP) is 14.7. The van der Waals surface area contributed by atoms with Crippen LogP contribution in [-0.4, -0.2) is 29.9 Å². The molecule has 2 heterocycles. The number of nitrogens with zero attached hydrogens (tertiary/aromatic N) is 6. The molecule has 0 aliphatic rings. The summed E-state index contributed by atoms with van der Waals surface area (Å²) in [5.74, 6) is 3.68. The van der Waals surface area contributed by atoms with E-state index in [-0.39, 0.29) is 0 Å². The van der Waals surface area contributed by atoms with Gasteiger partial charge in [-0.25, -0.2) is 29.9 Å². The van der Waals surface area contributed by atoms with Crippen LogP contribution in [-0.2, 0) is 0 Å². The Morgan fingerprint density at radius 3 is 0.727 bits per heavy atom. The summed E-state index contributed by atoms with van der Waals surface area (Å²) in [6, 6.07) is 83.0. The van der Waals surface area contributed by atoms with Crippen LogP contribution in [0.15, 0.2) is 243 Å². The fraction of sp³-hybridized carbons (Fsp3) is 0. The lowest BCUT2D eigenvalue weighted by Gasteiger charge is -2.13. The molecule has 11 aromatic rings. The van der Waals surface area contributed by atoms with Crippen molar-refractivity contribution in [1.29, 1.82) is 0 Å². The van der Waals surface area contributed by atoms with Crippen molar-refractivity contribution in [2.24, 2.45) is 0 Å². The Morgan fingerprint density at radius 1 is 0.152 bits per heavy atom. The molecule has 0 spiro atoms. The molecule has 66 heavy (non-hydrogen) atoms. The third kappa shape index (κ3) is 8.30. The zero-order chi connectivity index (χ0) is 44.1. The zero-order valence-corrected chi connectivity index (χ0v) is 35.8. The maximum absolute atomic E-state index is 5.16. The first-order valence-corrected chi connectivity index (χ1v) is 21.9. The Labute approximate surface area is 383 Å². The monoisotopic (exact) mass is 844 g/mol. The largest absolute Gasteiger partial charge is 0.208 e. The van der Waals surface area contributed by atoms with Crippen LogP contribution in [0.1, 0.15) is 0 Å².